The molecule has 6 aliphatic rings. The van der Waals surface area contributed by atoms with Crippen molar-refractivity contribution in [3.63, 3.8) is 0 Å². The Kier molecular flexibility index (Phi) is 17.6. The molecule has 1 saturated carbocycles. The summed E-state index contributed by atoms with van der Waals surface area (Å²) in [6.07, 6.45) is 11.3. The monoisotopic (exact) mass is 1160 g/mol. The predicted molar refractivity (Wildman–Crippen MR) is 273 cm³/mol. The standard InChI is InChI=1S/C59H74N2O12.2BrH/c1-64-46-15-19-52(68-5)38(24-46)32-60(33-39-25-47(65-2)16-20-53(39)69-6)42-11-12-43(60)29-50(28-42)72-58(62)56-36-9-10-37(23-36)57(56)59(63)73-51-30-44-13-14-45(31-51)61(44,34-40-26-48(66-3)17-21-54(40)70-7)35-41-27-49(67-4)18-22-55(41)71-8;;/h9-10,15-22,24-27,36-37,42-45,50-51,56-57H,11-14,23,28-35H2,1-8H3;2*1H/q+2;;/p-2/t36?,37?,42?,43?,44?,45?,50?,51?,56-,57-;;/m0../s1. The fourth-order valence-electron chi connectivity index (χ4n) is 14.7. The van der Waals surface area contributed by atoms with Crippen LogP contribution in [0.25, 0.3) is 0 Å². The number of nitrogens with zero attached hydrogens (tertiary/aromatic N) is 2. The van der Waals surface area contributed by atoms with Gasteiger partial charge < -0.3 is 90.3 Å². The Bertz CT molecular complexity index is 2370. The SMILES string of the molecule is COc1ccc(OC)c(C[N+]2(Cc3cc(OC)ccc3OC)C3CCC2CC(OC(=O)[C@H]2C4C=CC(C4)[C@@H]2C(=O)OC2CC4CCC(C2)[N+]4(Cc2cc(OC)ccc2OC)Cc2cc(OC)ccc2OC)C3)c1.[Br-].[Br-]. The second-order valence-corrected chi connectivity index (χ2v) is 21.4. The molecule has 4 heterocycles. The molecule has 2 aliphatic carbocycles. The number of fused-ring (bicyclic) bond motifs is 6. The van der Waals surface area contributed by atoms with Crippen molar-refractivity contribution in [1.29, 1.82) is 0 Å². The summed E-state index contributed by atoms with van der Waals surface area (Å²) in [5, 5.41) is 0. The second kappa shape index (κ2) is 23.6. The highest BCUT2D eigenvalue weighted by molar-refractivity contribution is 5.84. The maximum atomic E-state index is 14.8. The molecule has 0 spiro atoms. The lowest BCUT2D eigenvalue weighted by Crippen LogP contribution is -3.00. The second-order valence-electron chi connectivity index (χ2n) is 21.4. The van der Waals surface area contributed by atoms with E-state index in [0.29, 0.717) is 51.9 Å². The lowest BCUT2D eigenvalue weighted by molar-refractivity contribution is -0.991. The maximum Gasteiger partial charge on any atom is 0.310 e. The van der Waals surface area contributed by atoms with Crippen LogP contribution in [0.15, 0.2) is 84.9 Å². The summed E-state index contributed by atoms with van der Waals surface area (Å²) in [7, 11) is 13.6. The Balaban J connectivity index is 0.00000374. The summed E-state index contributed by atoms with van der Waals surface area (Å²) >= 11 is 0. The number of piperidine rings is 2. The molecule has 0 N–H and O–H groups in total. The minimum absolute atomic E-state index is 0. The topological polar surface area (TPSA) is 126 Å². The van der Waals surface area contributed by atoms with E-state index < -0.39 is 11.8 Å². The molecule has 0 radical (unpaired) electrons. The zero-order chi connectivity index (χ0) is 51.0. The zero-order valence-corrected chi connectivity index (χ0v) is 47.8. The highest BCUT2D eigenvalue weighted by Crippen LogP contribution is 2.53. The number of allylic oxidation sites excluding steroid dienone is 2. The number of ether oxygens (including phenoxy) is 10. The van der Waals surface area contributed by atoms with Gasteiger partial charge in [-0.05, 0) is 91.1 Å². The molecule has 10 rings (SSSR count). The number of halogens is 2. The fourth-order valence-corrected chi connectivity index (χ4v) is 14.7. The van der Waals surface area contributed by atoms with Crippen LogP contribution in [0.3, 0.4) is 0 Å². The van der Waals surface area contributed by atoms with E-state index in [1.165, 1.54) is 0 Å². The van der Waals surface area contributed by atoms with Gasteiger partial charge in [0.15, 0.2) is 0 Å². The van der Waals surface area contributed by atoms with Crippen molar-refractivity contribution in [3.05, 3.63) is 107 Å². The van der Waals surface area contributed by atoms with E-state index in [9.17, 15) is 9.59 Å². The number of methoxy groups -OCH3 is 8. The van der Waals surface area contributed by atoms with E-state index in [1.807, 2.05) is 48.5 Å². The van der Waals surface area contributed by atoms with E-state index in [2.05, 4.69) is 36.4 Å². The summed E-state index contributed by atoms with van der Waals surface area (Å²) in [4.78, 5) is 29.5. The van der Waals surface area contributed by atoms with E-state index in [1.54, 1.807) is 56.9 Å². The number of benzene rings is 4. The van der Waals surface area contributed by atoms with Crippen LogP contribution in [-0.4, -0.2) is 114 Å². The van der Waals surface area contributed by atoms with Gasteiger partial charge in [-0.25, -0.2) is 0 Å². The molecule has 4 saturated heterocycles. The number of hydrogen-bond acceptors (Lipinski definition) is 12. The van der Waals surface area contributed by atoms with E-state index >= 15 is 0 Å². The first-order valence-corrected chi connectivity index (χ1v) is 26.1. The highest BCUT2D eigenvalue weighted by atomic mass is 79.9. The lowest BCUT2D eigenvalue weighted by atomic mass is 9.82. The van der Waals surface area contributed by atoms with Crippen LogP contribution in [0.5, 0.6) is 46.0 Å². The molecule has 6 unspecified atom stereocenters. The summed E-state index contributed by atoms with van der Waals surface area (Å²) in [6, 6.07) is 24.7. The number of quaternary nitrogens is 2. The molecule has 4 aliphatic heterocycles. The first-order chi connectivity index (χ1) is 35.5. The Labute approximate surface area is 463 Å². The molecule has 4 aromatic rings. The molecule has 4 aromatic carbocycles. The fraction of sp³-hybridized carbons (Fsp3) is 0.525. The van der Waals surface area contributed by atoms with Gasteiger partial charge >= 0.3 is 11.9 Å². The summed E-state index contributed by atoms with van der Waals surface area (Å²) in [6.45, 7) is 2.81. The van der Waals surface area contributed by atoms with Gasteiger partial charge in [-0.15, -0.1) is 0 Å². The minimum Gasteiger partial charge on any atom is -1.00 e. The van der Waals surface area contributed by atoms with Crippen molar-refractivity contribution in [2.45, 2.75) is 120 Å². The van der Waals surface area contributed by atoms with Gasteiger partial charge in [0.2, 0.25) is 0 Å². The van der Waals surface area contributed by atoms with Crippen molar-refractivity contribution in [3.8, 4) is 46.0 Å². The van der Waals surface area contributed by atoms with Crippen molar-refractivity contribution in [1.82, 2.24) is 0 Å². The third-order valence-electron chi connectivity index (χ3n) is 18.1. The summed E-state index contributed by atoms with van der Waals surface area (Å²) in [5.41, 5.74) is 4.26. The molecule has 0 aromatic heterocycles. The molecule has 5 fully saturated rings. The Morgan fingerprint density at radius 2 is 0.667 bits per heavy atom. The number of carbonyl (C=O) groups excluding carboxylic acids is 2. The number of esters is 2. The van der Waals surface area contributed by atoms with Gasteiger partial charge in [0.05, 0.1) is 115 Å². The number of rotatable bonds is 20. The lowest BCUT2D eigenvalue weighted by Gasteiger charge is -2.50. The number of hydrogen-bond donors (Lipinski definition) is 0. The van der Waals surface area contributed by atoms with Gasteiger partial charge in [0.25, 0.3) is 0 Å². The van der Waals surface area contributed by atoms with Gasteiger partial charge in [-0.1, -0.05) is 12.2 Å². The molecule has 16 heteroatoms. The van der Waals surface area contributed by atoms with Gasteiger partial charge in [0.1, 0.15) is 84.4 Å². The molecule has 14 nitrogen and oxygen atoms in total. The average Bonchev–Trinajstić information content (AvgIpc) is 4.11. The van der Waals surface area contributed by atoms with Crippen LogP contribution in [0.2, 0.25) is 0 Å². The molecular weight excluding hydrogens is 1090 g/mol. The first-order valence-electron chi connectivity index (χ1n) is 26.1. The van der Waals surface area contributed by atoms with Crippen molar-refractivity contribution < 1.29 is 99.9 Å². The largest absolute Gasteiger partial charge is 1.00 e. The Hall–Kier alpha value is -5.16. The quantitative estimate of drug-likeness (QED) is 0.0733. The van der Waals surface area contributed by atoms with Gasteiger partial charge in [0, 0.05) is 51.4 Å². The predicted octanol–water partition coefficient (Wildman–Crippen LogP) is 3.41. The van der Waals surface area contributed by atoms with E-state index in [-0.39, 0.29) is 94.1 Å². The summed E-state index contributed by atoms with van der Waals surface area (Å²) in [5.74, 6) is 4.52. The maximum absolute atomic E-state index is 14.8. The third-order valence-corrected chi connectivity index (χ3v) is 18.1. The molecular formula is C59H74Br2N2O12. The highest BCUT2D eigenvalue weighted by Gasteiger charge is 2.59. The molecule has 75 heavy (non-hydrogen) atoms. The van der Waals surface area contributed by atoms with Crippen molar-refractivity contribution in [2.24, 2.45) is 23.7 Å². The first kappa shape index (κ1) is 56.1. The van der Waals surface area contributed by atoms with Crippen LogP contribution < -0.4 is 71.9 Å². The van der Waals surface area contributed by atoms with Gasteiger partial charge in [-0.3, -0.25) is 9.59 Å². The Morgan fingerprint density at radius 3 is 0.907 bits per heavy atom. The van der Waals surface area contributed by atoms with Crippen molar-refractivity contribution >= 4 is 11.9 Å². The van der Waals surface area contributed by atoms with Crippen LogP contribution in [0.4, 0.5) is 0 Å². The minimum atomic E-state index is -0.584. The molecule has 6 bridgehead atoms. The smallest absolute Gasteiger partial charge is 0.310 e. The Morgan fingerprint density at radius 1 is 0.400 bits per heavy atom. The summed E-state index contributed by atoms with van der Waals surface area (Å²) < 4.78 is 61.5. The van der Waals surface area contributed by atoms with Crippen LogP contribution >= 0.6 is 0 Å². The van der Waals surface area contributed by atoms with Gasteiger partial charge in [-0.2, -0.15) is 0 Å². The normalized spacial score (nSPS) is 27.0. The molecule has 8 atom stereocenters. The molecule has 0 amide bonds. The van der Waals surface area contributed by atoms with E-state index in [0.717, 1.165) is 109 Å². The number of carbonyl (C=O) groups is 2. The molecule has 406 valence electrons. The average molecular weight is 1160 g/mol. The van der Waals surface area contributed by atoms with Crippen LogP contribution in [0.1, 0.15) is 80.0 Å². The van der Waals surface area contributed by atoms with Crippen LogP contribution in [0, 0.1) is 23.7 Å². The van der Waals surface area contributed by atoms with Crippen LogP contribution in [-0.2, 0) is 45.2 Å². The third kappa shape index (κ3) is 10.7. The van der Waals surface area contributed by atoms with Crippen molar-refractivity contribution in [2.75, 3.05) is 56.9 Å². The zero-order valence-electron chi connectivity index (χ0n) is 44.6. The van der Waals surface area contributed by atoms with E-state index in [4.69, 9.17) is 47.4 Å².